The van der Waals surface area contributed by atoms with Crippen molar-refractivity contribution >= 4 is 70.3 Å². The fourth-order valence-corrected chi connectivity index (χ4v) is 2.14. The zero-order valence-corrected chi connectivity index (χ0v) is 15.7. The molecule has 0 unspecified atom stereocenters. The van der Waals surface area contributed by atoms with Crippen LogP contribution < -0.4 is 0 Å². The van der Waals surface area contributed by atoms with Crippen molar-refractivity contribution in [3.63, 3.8) is 0 Å². The summed E-state index contributed by atoms with van der Waals surface area (Å²) in [5.74, 6) is -0.282. The number of hydrogen-bond acceptors (Lipinski definition) is 8. The van der Waals surface area contributed by atoms with Gasteiger partial charge in [-0.25, -0.2) is 9.97 Å². The molecular weight excluding hydrogens is 302 g/mol. The van der Waals surface area contributed by atoms with E-state index in [1.165, 1.54) is 10.9 Å². The number of aliphatic hydroxyl groups excluding tert-OH is 3. The van der Waals surface area contributed by atoms with Gasteiger partial charge in [0.25, 0.3) is 0 Å². The molecule has 3 heterocycles. The van der Waals surface area contributed by atoms with Crippen molar-refractivity contribution in [2.24, 2.45) is 0 Å². The van der Waals surface area contributed by atoms with Gasteiger partial charge in [0.1, 0.15) is 24.6 Å². The van der Waals surface area contributed by atoms with Crippen molar-refractivity contribution in [3.05, 3.63) is 12.7 Å². The Morgan fingerprint density at radius 3 is 2.48 bits per heavy atom. The number of nitrogens with zero attached hydrogens (tertiary/aromatic N) is 4. The maximum Gasteiger partial charge on any atom is 0.242 e. The minimum absolute atomic E-state index is 0. The second kappa shape index (κ2) is 7.64. The third kappa shape index (κ3) is 3.27. The SMILES string of the molecule is OC[C@H]1O[C@@H](n2cnc3c(O)ncnc32)[C@H](O)[C@@H]1O.[Na].[Na]. The molecule has 4 N–H and O–H groups in total. The van der Waals surface area contributed by atoms with E-state index < -0.39 is 31.1 Å². The predicted octanol–water partition coefficient (Wildman–Crippen LogP) is -2.62. The first kappa shape index (κ1) is 19.2. The Kier molecular flexibility index (Phi) is 7.00. The number of aromatic nitrogens is 4. The van der Waals surface area contributed by atoms with Gasteiger partial charge < -0.3 is 25.2 Å². The molecular formula is C10H12N4Na2O5. The van der Waals surface area contributed by atoms with Gasteiger partial charge in [-0.15, -0.1) is 0 Å². The van der Waals surface area contributed by atoms with E-state index in [1.807, 2.05) is 0 Å². The number of aromatic hydroxyl groups is 1. The first-order valence-corrected chi connectivity index (χ1v) is 5.62. The van der Waals surface area contributed by atoms with Crippen LogP contribution in [-0.4, -0.2) is 124 Å². The standard InChI is InChI=1S/C10H12N4O5.2Na/c15-1-4-6(16)7(17)10(19-4)14-3-13-5-8(14)11-2-12-9(5)18;;/h2-4,6-7,10,15-17H,1H2,(H,11,12,18);;/t4-,6-,7-,10-;;/m1../s1. The zero-order chi connectivity index (χ0) is 13.6. The summed E-state index contributed by atoms with van der Waals surface area (Å²) in [5.41, 5.74) is 0.433. The quantitative estimate of drug-likeness (QED) is 0.443. The Bertz CT molecular complexity index is 612. The summed E-state index contributed by atoms with van der Waals surface area (Å²) >= 11 is 0. The Labute approximate surface area is 163 Å². The predicted molar refractivity (Wildman–Crippen MR) is 71.5 cm³/mol. The van der Waals surface area contributed by atoms with Gasteiger partial charge >= 0.3 is 0 Å². The monoisotopic (exact) mass is 314 g/mol. The van der Waals surface area contributed by atoms with Crippen LogP contribution in [0.3, 0.4) is 0 Å². The van der Waals surface area contributed by atoms with Crippen LogP contribution in [0.25, 0.3) is 11.2 Å². The molecule has 2 aromatic rings. The van der Waals surface area contributed by atoms with Crippen LogP contribution in [0.2, 0.25) is 0 Å². The summed E-state index contributed by atoms with van der Waals surface area (Å²) in [6.07, 6.45) is -1.79. The van der Waals surface area contributed by atoms with Crippen LogP contribution in [0.4, 0.5) is 0 Å². The molecule has 3 rings (SSSR count). The van der Waals surface area contributed by atoms with Crippen LogP contribution >= 0.6 is 0 Å². The number of rotatable bonds is 2. The van der Waals surface area contributed by atoms with Gasteiger partial charge in [-0.1, -0.05) is 0 Å². The van der Waals surface area contributed by atoms with Crippen LogP contribution in [-0.2, 0) is 4.74 Å². The van der Waals surface area contributed by atoms with E-state index in [4.69, 9.17) is 9.84 Å². The third-order valence-corrected chi connectivity index (χ3v) is 3.13. The molecule has 0 aliphatic carbocycles. The number of ether oxygens (including phenoxy) is 1. The van der Waals surface area contributed by atoms with Gasteiger partial charge in [0.15, 0.2) is 17.4 Å². The van der Waals surface area contributed by atoms with E-state index in [2.05, 4.69) is 15.0 Å². The molecule has 2 radical (unpaired) electrons. The fourth-order valence-electron chi connectivity index (χ4n) is 2.14. The first-order valence-electron chi connectivity index (χ1n) is 5.62. The average molecular weight is 314 g/mol. The summed E-state index contributed by atoms with van der Waals surface area (Å²) in [7, 11) is 0. The summed E-state index contributed by atoms with van der Waals surface area (Å²) in [5, 5.41) is 38.2. The molecule has 1 aliphatic heterocycles. The molecule has 0 spiro atoms. The van der Waals surface area contributed by atoms with Crippen LogP contribution in [0, 0.1) is 0 Å². The molecule has 0 bridgehead atoms. The Balaban J connectivity index is 0.00000110. The summed E-state index contributed by atoms with van der Waals surface area (Å²) in [4.78, 5) is 11.5. The Hall–Kier alpha value is 0.190. The minimum atomic E-state index is -1.23. The van der Waals surface area contributed by atoms with E-state index in [0.717, 1.165) is 6.33 Å². The Morgan fingerprint density at radius 2 is 1.86 bits per heavy atom. The zero-order valence-electron chi connectivity index (χ0n) is 11.7. The van der Waals surface area contributed by atoms with Gasteiger partial charge in [-0.3, -0.25) is 4.57 Å². The van der Waals surface area contributed by atoms with Crippen molar-refractivity contribution in [1.29, 1.82) is 0 Å². The number of hydrogen-bond donors (Lipinski definition) is 4. The maximum absolute atomic E-state index is 9.92. The normalized spacial score (nSPS) is 28.1. The summed E-state index contributed by atoms with van der Waals surface area (Å²) in [6.45, 7) is -0.415. The van der Waals surface area contributed by atoms with Crippen molar-refractivity contribution in [3.8, 4) is 5.88 Å². The van der Waals surface area contributed by atoms with Gasteiger partial charge in [0.2, 0.25) is 5.88 Å². The molecule has 1 saturated heterocycles. The molecule has 2 aromatic heterocycles. The second-order valence-corrected chi connectivity index (χ2v) is 4.25. The topological polar surface area (TPSA) is 134 Å². The summed E-state index contributed by atoms with van der Waals surface area (Å²) < 4.78 is 6.73. The van der Waals surface area contributed by atoms with Gasteiger partial charge in [-0.2, -0.15) is 4.98 Å². The molecule has 21 heavy (non-hydrogen) atoms. The van der Waals surface area contributed by atoms with Gasteiger partial charge in [0, 0.05) is 59.1 Å². The number of imidazole rings is 1. The molecule has 0 amide bonds. The molecule has 9 nitrogen and oxygen atoms in total. The number of aliphatic hydroxyl groups is 3. The van der Waals surface area contributed by atoms with Crippen molar-refractivity contribution in [1.82, 2.24) is 19.5 Å². The number of fused-ring (bicyclic) bond motifs is 1. The van der Waals surface area contributed by atoms with Gasteiger partial charge in [-0.05, 0) is 0 Å². The Morgan fingerprint density at radius 1 is 1.14 bits per heavy atom. The maximum atomic E-state index is 9.92. The molecule has 0 aromatic carbocycles. The average Bonchev–Trinajstić information content (AvgIpc) is 2.94. The van der Waals surface area contributed by atoms with Crippen LogP contribution in [0.15, 0.2) is 12.7 Å². The fraction of sp³-hybridized carbons (Fsp3) is 0.500. The van der Waals surface area contributed by atoms with E-state index in [-0.39, 0.29) is 76.2 Å². The van der Waals surface area contributed by atoms with E-state index >= 15 is 0 Å². The van der Waals surface area contributed by atoms with Crippen molar-refractivity contribution < 1.29 is 25.2 Å². The largest absolute Gasteiger partial charge is 0.492 e. The second-order valence-electron chi connectivity index (χ2n) is 4.25. The van der Waals surface area contributed by atoms with E-state index in [1.54, 1.807) is 0 Å². The van der Waals surface area contributed by atoms with Gasteiger partial charge in [0.05, 0.1) is 12.9 Å². The molecule has 1 aliphatic rings. The van der Waals surface area contributed by atoms with Crippen LogP contribution in [0.1, 0.15) is 6.23 Å². The molecule has 1 fully saturated rings. The third-order valence-electron chi connectivity index (χ3n) is 3.13. The van der Waals surface area contributed by atoms with E-state index in [9.17, 15) is 15.3 Å². The minimum Gasteiger partial charge on any atom is -0.492 e. The van der Waals surface area contributed by atoms with E-state index in [0.29, 0.717) is 0 Å². The molecule has 0 saturated carbocycles. The smallest absolute Gasteiger partial charge is 0.242 e. The van der Waals surface area contributed by atoms with Crippen LogP contribution in [0.5, 0.6) is 5.88 Å². The summed E-state index contributed by atoms with van der Waals surface area (Å²) in [6, 6.07) is 0. The van der Waals surface area contributed by atoms with Crippen molar-refractivity contribution in [2.75, 3.05) is 6.61 Å². The molecule has 11 heteroatoms. The molecule has 4 atom stereocenters. The van der Waals surface area contributed by atoms with Crippen molar-refractivity contribution in [2.45, 2.75) is 24.5 Å². The molecule has 104 valence electrons. The first-order chi connectivity index (χ1) is 9.13.